The summed E-state index contributed by atoms with van der Waals surface area (Å²) in [6.45, 7) is 6.32. The summed E-state index contributed by atoms with van der Waals surface area (Å²) in [5.74, 6) is 0.760. The molecule has 0 bridgehead atoms. The third-order valence-corrected chi connectivity index (χ3v) is 3.68. The average molecular weight is 351 g/mol. The Hall–Kier alpha value is -3.15. The first-order valence-electron chi connectivity index (χ1n) is 8.46. The maximum atomic E-state index is 12.2. The van der Waals surface area contributed by atoms with Crippen LogP contribution in [0.5, 0.6) is 5.75 Å². The SMILES string of the molecule is Cc1ccc(-c2nc(C(=O)NCc3ccc(OC(C)C)cc3)no2)cc1. The van der Waals surface area contributed by atoms with E-state index in [9.17, 15) is 4.79 Å². The molecule has 2 aromatic carbocycles. The lowest BCUT2D eigenvalue weighted by atomic mass is 10.1. The van der Waals surface area contributed by atoms with Crippen LogP contribution >= 0.6 is 0 Å². The first-order chi connectivity index (χ1) is 12.5. The zero-order valence-electron chi connectivity index (χ0n) is 15.0. The Balaban J connectivity index is 1.59. The predicted octanol–water partition coefficient (Wildman–Crippen LogP) is 3.76. The van der Waals surface area contributed by atoms with Crippen LogP contribution in [0.2, 0.25) is 0 Å². The van der Waals surface area contributed by atoms with Gasteiger partial charge in [-0.1, -0.05) is 35.0 Å². The van der Waals surface area contributed by atoms with Gasteiger partial charge in [-0.15, -0.1) is 0 Å². The third kappa shape index (κ3) is 4.47. The molecule has 1 heterocycles. The van der Waals surface area contributed by atoms with Crippen LogP contribution in [0.15, 0.2) is 53.1 Å². The van der Waals surface area contributed by atoms with Crippen molar-refractivity contribution in [3.05, 3.63) is 65.5 Å². The van der Waals surface area contributed by atoms with E-state index in [0.717, 1.165) is 22.4 Å². The number of benzene rings is 2. The highest BCUT2D eigenvalue weighted by Gasteiger charge is 2.15. The molecule has 1 aromatic heterocycles. The van der Waals surface area contributed by atoms with Gasteiger partial charge >= 0.3 is 0 Å². The number of carbonyl (C=O) groups excluding carboxylic acids is 1. The van der Waals surface area contributed by atoms with E-state index in [2.05, 4.69) is 15.5 Å². The smallest absolute Gasteiger partial charge is 0.292 e. The first kappa shape index (κ1) is 17.7. The highest BCUT2D eigenvalue weighted by Crippen LogP contribution is 2.17. The van der Waals surface area contributed by atoms with Crippen LogP contribution in [0.25, 0.3) is 11.5 Å². The Labute approximate surface area is 152 Å². The third-order valence-electron chi connectivity index (χ3n) is 3.68. The summed E-state index contributed by atoms with van der Waals surface area (Å²) in [6.07, 6.45) is 0.126. The molecular formula is C20H21N3O3. The molecule has 6 heteroatoms. The molecular weight excluding hydrogens is 330 g/mol. The largest absolute Gasteiger partial charge is 0.491 e. The molecule has 0 aliphatic carbocycles. The topological polar surface area (TPSA) is 77.2 Å². The number of carbonyl (C=O) groups is 1. The molecule has 3 aromatic rings. The number of aromatic nitrogens is 2. The van der Waals surface area contributed by atoms with Gasteiger partial charge in [0.15, 0.2) is 0 Å². The summed E-state index contributed by atoms with van der Waals surface area (Å²) in [4.78, 5) is 16.4. The van der Waals surface area contributed by atoms with Crippen molar-refractivity contribution in [3.63, 3.8) is 0 Å². The quantitative estimate of drug-likeness (QED) is 0.731. The van der Waals surface area contributed by atoms with Crippen LogP contribution < -0.4 is 10.1 Å². The van der Waals surface area contributed by atoms with Crippen molar-refractivity contribution in [2.75, 3.05) is 0 Å². The molecule has 0 unspecified atom stereocenters. The van der Waals surface area contributed by atoms with Gasteiger partial charge in [-0.2, -0.15) is 4.98 Å². The van der Waals surface area contributed by atoms with Crippen LogP contribution in [-0.2, 0) is 6.54 Å². The minimum absolute atomic E-state index is 0.0142. The van der Waals surface area contributed by atoms with Crippen LogP contribution in [0.3, 0.4) is 0 Å². The number of hydrogen-bond donors (Lipinski definition) is 1. The fraction of sp³-hybridized carbons (Fsp3) is 0.250. The molecule has 1 amide bonds. The summed E-state index contributed by atoms with van der Waals surface area (Å²) >= 11 is 0. The summed E-state index contributed by atoms with van der Waals surface area (Å²) in [6, 6.07) is 15.2. The lowest BCUT2D eigenvalue weighted by Gasteiger charge is -2.10. The van der Waals surface area contributed by atoms with Crippen molar-refractivity contribution in [2.24, 2.45) is 0 Å². The van der Waals surface area contributed by atoms with E-state index in [1.165, 1.54) is 0 Å². The van der Waals surface area contributed by atoms with E-state index >= 15 is 0 Å². The van der Waals surface area contributed by atoms with E-state index in [4.69, 9.17) is 9.26 Å². The number of hydrogen-bond acceptors (Lipinski definition) is 5. The van der Waals surface area contributed by atoms with Crippen molar-refractivity contribution in [2.45, 2.75) is 33.4 Å². The lowest BCUT2D eigenvalue weighted by Crippen LogP contribution is -2.23. The zero-order valence-corrected chi connectivity index (χ0v) is 15.0. The number of nitrogens with zero attached hydrogens (tertiary/aromatic N) is 2. The first-order valence-corrected chi connectivity index (χ1v) is 8.46. The second-order valence-corrected chi connectivity index (χ2v) is 6.28. The standard InChI is InChI=1S/C20H21N3O3/c1-13(2)25-17-10-6-15(7-11-17)12-21-19(24)18-22-20(26-23-18)16-8-4-14(3)5-9-16/h4-11,13H,12H2,1-3H3,(H,21,24). The van der Waals surface area contributed by atoms with E-state index in [-0.39, 0.29) is 17.8 Å². The summed E-state index contributed by atoms with van der Waals surface area (Å²) < 4.78 is 10.8. The second kappa shape index (κ2) is 7.82. The predicted molar refractivity (Wildman–Crippen MR) is 97.8 cm³/mol. The average Bonchev–Trinajstić information content (AvgIpc) is 3.11. The molecule has 0 saturated heterocycles. The van der Waals surface area contributed by atoms with Gasteiger partial charge in [-0.25, -0.2) is 0 Å². The van der Waals surface area contributed by atoms with E-state index in [0.29, 0.717) is 12.4 Å². The van der Waals surface area contributed by atoms with Gasteiger partial charge in [0.1, 0.15) is 5.75 Å². The Morgan fingerprint density at radius 1 is 1.12 bits per heavy atom. The van der Waals surface area contributed by atoms with Gasteiger partial charge < -0.3 is 14.6 Å². The number of nitrogens with one attached hydrogen (secondary N) is 1. The molecule has 6 nitrogen and oxygen atoms in total. The normalized spacial score (nSPS) is 10.8. The molecule has 134 valence electrons. The van der Waals surface area contributed by atoms with Crippen molar-refractivity contribution in [3.8, 4) is 17.2 Å². The molecule has 3 rings (SSSR count). The fourth-order valence-electron chi connectivity index (χ4n) is 2.35. The van der Waals surface area contributed by atoms with Crippen molar-refractivity contribution >= 4 is 5.91 Å². The summed E-state index contributed by atoms with van der Waals surface area (Å²) in [5, 5.41) is 6.54. The van der Waals surface area contributed by atoms with Crippen LogP contribution in [0.4, 0.5) is 0 Å². The van der Waals surface area contributed by atoms with Gasteiger partial charge in [0, 0.05) is 12.1 Å². The highest BCUT2D eigenvalue weighted by molar-refractivity contribution is 5.90. The van der Waals surface area contributed by atoms with Crippen LogP contribution in [-0.4, -0.2) is 22.2 Å². The minimum Gasteiger partial charge on any atom is -0.491 e. The molecule has 0 spiro atoms. The maximum Gasteiger partial charge on any atom is 0.292 e. The van der Waals surface area contributed by atoms with Gasteiger partial charge in [0.2, 0.25) is 0 Å². The van der Waals surface area contributed by atoms with Gasteiger partial charge in [0.05, 0.1) is 6.10 Å². The highest BCUT2D eigenvalue weighted by atomic mass is 16.5. The fourth-order valence-corrected chi connectivity index (χ4v) is 2.35. The molecule has 0 atom stereocenters. The zero-order chi connectivity index (χ0) is 18.5. The molecule has 0 radical (unpaired) electrons. The Morgan fingerprint density at radius 3 is 2.46 bits per heavy atom. The Bertz CT molecular complexity index is 868. The van der Waals surface area contributed by atoms with Gasteiger partial charge in [-0.05, 0) is 50.6 Å². The summed E-state index contributed by atoms with van der Waals surface area (Å²) in [7, 11) is 0. The summed E-state index contributed by atoms with van der Waals surface area (Å²) in [5.41, 5.74) is 2.87. The van der Waals surface area contributed by atoms with E-state index < -0.39 is 0 Å². The lowest BCUT2D eigenvalue weighted by molar-refractivity contribution is 0.0937. The molecule has 0 saturated carbocycles. The van der Waals surface area contributed by atoms with Crippen molar-refractivity contribution < 1.29 is 14.1 Å². The molecule has 0 aliphatic rings. The molecule has 26 heavy (non-hydrogen) atoms. The van der Waals surface area contributed by atoms with Crippen LogP contribution in [0, 0.1) is 6.92 Å². The Morgan fingerprint density at radius 2 is 1.81 bits per heavy atom. The van der Waals surface area contributed by atoms with Gasteiger partial charge in [0.25, 0.3) is 17.6 Å². The van der Waals surface area contributed by atoms with Crippen molar-refractivity contribution in [1.29, 1.82) is 0 Å². The number of rotatable bonds is 6. The number of aryl methyl sites for hydroxylation is 1. The monoisotopic (exact) mass is 351 g/mol. The van der Waals surface area contributed by atoms with E-state index in [1.807, 2.05) is 69.3 Å². The Kier molecular flexibility index (Phi) is 5.31. The molecule has 0 aliphatic heterocycles. The maximum absolute atomic E-state index is 12.2. The molecule has 1 N–H and O–H groups in total. The van der Waals surface area contributed by atoms with Crippen molar-refractivity contribution in [1.82, 2.24) is 15.5 Å². The second-order valence-electron chi connectivity index (χ2n) is 6.28. The number of amides is 1. The van der Waals surface area contributed by atoms with Gasteiger partial charge in [-0.3, -0.25) is 4.79 Å². The molecule has 0 fully saturated rings. The van der Waals surface area contributed by atoms with Crippen LogP contribution in [0.1, 0.15) is 35.6 Å². The minimum atomic E-state index is -0.380. The number of ether oxygens (including phenoxy) is 1. The van der Waals surface area contributed by atoms with E-state index in [1.54, 1.807) is 0 Å².